The molecule has 0 aliphatic heterocycles. The van der Waals surface area contributed by atoms with Crippen LogP contribution in [0.2, 0.25) is 0 Å². The van der Waals surface area contributed by atoms with Crippen molar-refractivity contribution in [2.75, 3.05) is 0 Å². The molecule has 1 aromatic rings. The number of ketones is 1. The van der Waals surface area contributed by atoms with E-state index in [4.69, 9.17) is 5.26 Å². The van der Waals surface area contributed by atoms with Gasteiger partial charge in [-0.3, -0.25) is 4.79 Å². The molecule has 0 heterocycles. The van der Waals surface area contributed by atoms with Gasteiger partial charge in [0, 0.05) is 11.5 Å². The first kappa shape index (κ1) is 14.7. The summed E-state index contributed by atoms with van der Waals surface area (Å²) in [5, 5.41) is 8.75. The zero-order chi connectivity index (χ0) is 14.9. The number of hydrogen-bond acceptors (Lipinski definition) is 2. The van der Waals surface area contributed by atoms with E-state index in [1.165, 1.54) is 12.1 Å². The monoisotopic (exact) mass is 273 g/mol. The quantitative estimate of drug-likeness (QED) is 0.752. The fourth-order valence-corrected chi connectivity index (χ4v) is 3.52. The normalized spacial score (nSPS) is 24.9. The highest BCUT2D eigenvalue weighted by molar-refractivity contribution is 5.98. The van der Waals surface area contributed by atoms with Crippen LogP contribution >= 0.6 is 0 Å². The average Bonchev–Trinajstić information content (AvgIpc) is 2.37. The number of halogens is 1. The van der Waals surface area contributed by atoms with Crippen LogP contribution in [-0.2, 0) is 0 Å². The fraction of sp³-hybridized carbons (Fsp3) is 0.529. The van der Waals surface area contributed by atoms with Gasteiger partial charge in [0.2, 0.25) is 0 Å². The van der Waals surface area contributed by atoms with Crippen LogP contribution < -0.4 is 0 Å². The van der Waals surface area contributed by atoms with E-state index in [-0.39, 0.29) is 22.7 Å². The van der Waals surface area contributed by atoms with Gasteiger partial charge in [0.25, 0.3) is 0 Å². The first-order valence-corrected chi connectivity index (χ1v) is 7.10. The Morgan fingerprint density at radius 1 is 1.45 bits per heavy atom. The van der Waals surface area contributed by atoms with Crippen molar-refractivity contribution in [3.05, 3.63) is 35.1 Å². The highest BCUT2D eigenvalue weighted by atomic mass is 19.1. The van der Waals surface area contributed by atoms with Crippen LogP contribution in [0, 0.1) is 34.4 Å². The van der Waals surface area contributed by atoms with Gasteiger partial charge >= 0.3 is 0 Å². The van der Waals surface area contributed by atoms with Crippen molar-refractivity contribution >= 4 is 5.78 Å². The number of Topliss-reactive ketones (excluding diaryl/α,β-unsaturated/α-hetero) is 1. The van der Waals surface area contributed by atoms with Crippen LogP contribution in [-0.4, -0.2) is 5.78 Å². The van der Waals surface area contributed by atoms with Gasteiger partial charge in [0.15, 0.2) is 5.78 Å². The second-order valence-corrected chi connectivity index (χ2v) is 6.51. The van der Waals surface area contributed by atoms with Crippen LogP contribution in [0.3, 0.4) is 0 Å². The lowest BCUT2D eigenvalue weighted by Crippen LogP contribution is -2.39. The molecule has 0 bridgehead atoms. The second-order valence-electron chi connectivity index (χ2n) is 6.51. The maximum atomic E-state index is 13.7. The van der Waals surface area contributed by atoms with Crippen LogP contribution in [0.25, 0.3) is 0 Å². The van der Waals surface area contributed by atoms with Crippen molar-refractivity contribution in [3.63, 3.8) is 0 Å². The molecule has 0 N–H and O–H groups in total. The molecule has 2 nitrogen and oxygen atoms in total. The standard InChI is InChI=1S/C17H20FNO/c1-11-5-4-8-17(2,3)15(11)16(20)12-6-7-13(10-19)14(18)9-12/h6-7,9,11,15H,4-5,8H2,1-3H3/t11-,15+/m0/s1. The van der Waals surface area contributed by atoms with Crippen molar-refractivity contribution in [3.8, 4) is 6.07 Å². The number of benzene rings is 1. The molecule has 1 aliphatic carbocycles. The lowest BCUT2D eigenvalue weighted by Gasteiger charge is -2.42. The molecule has 0 radical (unpaired) electrons. The number of hydrogen-bond donors (Lipinski definition) is 0. The molecule has 2 atom stereocenters. The summed E-state index contributed by atoms with van der Waals surface area (Å²) >= 11 is 0. The van der Waals surface area contributed by atoms with Gasteiger partial charge in [-0.05, 0) is 42.4 Å². The van der Waals surface area contributed by atoms with Crippen LogP contribution in [0.15, 0.2) is 18.2 Å². The summed E-state index contributed by atoms with van der Waals surface area (Å²) in [5.41, 5.74) is 0.310. The van der Waals surface area contributed by atoms with Gasteiger partial charge < -0.3 is 0 Å². The lowest BCUT2D eigenvalue weighted by atomic mass is 9.62. The molecular formula is C17H20FNO. The zero-order valence-corrected chi connectivity index (χ0v) is 12.2. The molecule has 0 spiro atoms. The third-order valence-electron chi connectivity index (χ3n) is 4.55. The Morgan fingerprint density at radius 2 is 2.15 bits per heavy atom. The molecule has 0 saturated heterocycles. The lowest BCUT2D eigenvalue weighted by molar-refractivity contribution is 0.0539. The van der Waals surface area contributed by atoms with E-state index >= 15 is 0 Å². The molecule has 0 amide bonds. The van der Waals surface area contributed by atoms with E-state index < -0.39 is 5.82 Å². The number of nitrogens with zero attached hydrogens (tertiary/aromatic N) is 1. The number of nitriles is 1. The summed E-state index contributed by atoms with van der Waals surface area (Å²) in [6.45, 7) is 6.33. The number of carbonyl (C=O) groups is 1. The first-order chi connectivity index (χ1) is 9.36. The molecule has 1 aliphatic rings. The van der Waals surface area contributed by atoms with Crippen LogP contribution in [0.5, 0.6) is 0 Å². The van der Waals surface area contributed by atoms with Crippen molar-refractivity contribution < 1.29 is 9.18 Å². The molecule has 20 heavy (non-hydrogen) atoms. The molecule has 3 heteroatoms. The summed E-state index contributed by atoms with van der Waals surface area (Å²) in [5.74, 6) is -0.376. The Labute approximate surface area is 119 Å². The Morgan fingerprint density at radius 3 is 2.70 bits per heavy atom. The third kappa shape index (κ3) is 2.60. The van der Waals surface area contributed by atoms with Crippen molar-refractivity contribution in [1.29, 1.82) is 5.26 Å². The van der Waals surface area contributed by atoms with Gasteiger partial charge in [0.1, 0.15) is 11.9 Å². The molecule has 1 aromatic carbocycles. The highest BCUT2D eigenvalue weighted by Gasteiger charge is 2.41. The van der Waals surface area contributed by atoms with Gasteiger partial charge in [-0.1, -0.05) is 27.2 Å². The van der Waals surface area contributed by atoms with E-state index in [0.29, 0.717) is 11.5 Å². The second kappa shape index (κ2) is 5.36. The van der Waals surface area contributed by atoms with Crippen molar-refractivity contribution in [2.24, 2.45) is 17.3 Å². The van der Waals surface area contributed by atoms with Gasteiger partial charge in [-0.25, -0.2) is 4.39 Å². The van der Waals surface area contributed by atoms with Gasteiger partial charge in [-0.2, -0.15) is 5.26 Å². The van der Waals surface area contributed by atoms with Gasteiger partial charge in [0.05, 0.1) is 5.56 Å². The van der Waals surface area contributed by atoms with Crippen molar-refractivity contribution in [1.82, 2.24) is 0 Å². The Bertz CT molecular complexity index is 571. The molecule has 0 aromatic heterocycles. The maximum absolute atomic E-state index is 13.7. The van der Waals surface area contributed by atoms with Gasteiger partial charge in [-0.15, -0.1) is 0 Å². The third-order valence-corrected chi connectivity index (χ3v) is 4.55. The Kier molecular flexibility index (Phi) is 3.94. The SMILES string of the molecule is C[C@H]1CCCC(C)(C)[C@H]1C(=O)c1ccc(C#N)c(F)c1. The zero-order valence-electron chi connectivity index (χ0n) is 12.2. The molecule has 1 fully saturated rings. The maximum Gasteiger partial charge on any atom is 0.166 e. The van der Waals surface area contributed by atoms with Crippen LogP contribution in [0.4, 0.5) is 4.39 Å². The highest BCUT2D eigenvalue weighted by Crippen LogP contribution is 2.45. The number of carbonyl (C=O) groups excluding carboxylic acids is 1. The van der Waals surface area contributed by atoms with E-state index in [0.717, 1.165) is 19.3 Å². The summed E-state index contributed by atoms with van der Waals surface area (Å²) in [6, 6.07) is 5.95. The first-order valence-electron chi connectivity index (χ1n) is 7.10. The molecule has 106 valence electrons. The number of rotatable bonds is 2. The van der Waals surface area contributed by atoms with E-state index in [1.807, 2.05) is 0 Å². The topological polar surface area (TPSA) is 40.9 Å². The van der Waals surface area contributed by atoms with E-state index in [1.54, 1.807) is 12.1 Å². The summed E-state index contributed by atoms with van der Waals surface area (Å²) in [7, 11) is 0. The minimum atomic E-state index is -0.611. The minimum Gasteiger partial charge on any atom is -0.294 e. The predicted molar refractivity (Wildman–Crippen MR) is 75.7 cm³/mol. The van der Waals surface area contributed by atoms with Crippen molar-refractivity contribution in [2.45, 2.75) is 40.0 Å². The Hall–Kier alpha value is -1.69. The predicted octanol–water partition coefficient (Wildman–Crippen LogP) is 4.34. The average molecular weight is 273 g/mol. The van der Waals surface area contributed by atoms with E-state index in [2.05, 4.69) is 20.8 Å². The molecular weight excluding hydrogens is 253 g/mol. The minimum absolute atomic E-state index is 0.00518. The summed E-state index contributed by atoms with van der Waals surface area (Å²) in [6.07, 6.45) is 3.20. The van der Waals surface area contributed by atoms with E-state index in [9.17, 15) is 9.18 Å². The molecule has 0 unspecified atom stereocenters. The van der Waals surface area contributed by atoms with Crippen LogP contribution in [0.1, 0.15) is 56.0 Å². The molecule has 2 rings (SSSR count). The Balaban J connectivity index is 2.35. The summed E-state index contributed by atoms with van der Waals surface area (Å²) in [4.78, 5) is 12.7. The fourth-order valence-electron chi connectivity index (χ4n) is 3.52. The summed E-state index contributed by atoms with van der Waals surface area (Å²) < 4.78 is 13.7. The molecule has 1 saturated carbocycles. The smallest absolute Gasteiger partial charge is 0.166 e. The largest absolute Gasteiger partial charge is 0.294 e.